The number of ether oxygens (including phenoxy) is 2. The van der Waals surface area contributed by atoms with Gasteiger partial charge < -0.3 is 19.0 Å². The third-order valence-electron chi connectivity index (χ3n) is 3.04. The standard InChI is InChI=1S/C14H14Cl2O5/c1-19-8-3-7-4-11(13(16)9(17)6-15)21-14(18)12(7)10(5-8)20-2/h3-5,9,13,17H,6H2,1-2H3/t9-,13-/m0/s1. The van der Waals surface area contributed by atoms with Gasteiger partial charge in [-0.3, -0.25) is 0 Å². The molecule has 1 aromatic carbocycles. The van der Waals surface area contributed by atoms with Crippen molar-refractivity contribution in [1.29, 1.82) is 0 Å². The van der Waals surface area contributed by atoms with Crippen LogP contribution in [0.3, 0.4) is 0 Å². The van der Waals surface area contributed by atoms with Crippen LogP contribution in [0.25, 0.3) is 10.8 Å². The summed E-state index contributed by atoms with van der Waals surface area (Å²) in [4.78, 5) is 12.1. The van der Waals surface area contributed by atoms with Gasteiger partial charge in [-0.05, 0) is 17.5 Å². The average molecular weight is 333 g/mol. The van der Waals surface area contributed by atoms with Gasteiger partial charge in [0, 0.05) is 6.07 Å². The van der Waals surface area contributed by atoms with Crippen molar-refractivity contribution >= 4 is 34.0 Å². The number of aliphatic hydroxyl groups is 1. The topological polar surface area (TPSA) is 68.9 Å². The van der Waals surface area contributed by atoms with Crippen molar-refractivity contribution in [3.63, 3.8) is 0 Å². The molecule has 0 spiro atoms. The van der Waals surface area contributed by atoms with E-state index in [0.29, 0.717) is 16.9 Å². The van der Waals surface area contributed by atoms with Gasteiger partial charge in [0.2, 0.25) is 0 Å². The van der Waals surface area contributed by atoms with Crippen LogP contribution >= 0.6 is 23.2 Å². The number of fused-ring (bicyclic) bond motifs is 1. The third-order valence-corrected chi connectivity index (χ3v) is 3.86. The molecular formula is C14H14Cl2O5. The highest BCUT2D eigenvalue weighted by Crippen LogP contribution is 2.32. The zero-order valence-corrected chi connectivity index (χ0v) is 12.9. The van der Waals surface area contributed by atoms with Crippen molar-refractivity contribution < 1.29 is 19.0 Å². The SMILES string of the molecule is COc1cc(OC)c2c(=O)oc([C@@H](Cl)[C@@H](O)CCl)cc2c1. The summed E-state index contributed by atoms with van der Waals surface area (Å²) in [6, 6.07) is 4.81. The Balaban J connectivity index is 2.67. The van der Waals surface area contributed by atoms with Gasteiger partial charge in [0.05, 0.1) is 26.2 Å². The maximum atomic E-state index is 12.1. The van der Waals surface area contributed by atoms with Gasteiger partial charge in [-0.15, -0.1) is 23.2 Å². The van der Waals surface area contributed by atoms with E-state index >= 15 is 0 Å². The van der Waals surface area contributed by atoms with Gasteiger partial charge in [-0.1, -0.05) is 0 Å². The minimum Gasteiger partial charge on any atom is -0.497 e. The second kappa shape index (κ2) is 6.56. The van der Waals surface area contributed by atoms with Gasteiger partial charge in [-0.25, -0.2) is 4.79 Å². The minimum absolute atomic E-state index is 0.0721. The fourth-order valence-electron chi connectivity index (χ4n) is 1.97. The lowest BCUT2D eigenvalue weighted by Gasteiger charge is -2.14. The van der Waals surface area contributed by atoms with Crippen LogP contribution in [-0.4, -0.2) is 31.3 Å². The molecule has 5 nitrogen and oxygen atoms in total. The Kier molecular flexibility index (Phi) is 4.98. The van der Waals surface area contributed by atoms with Crippen LogP contribution in [0.5, 0.6) is 11.5 Å². The van der Waals surface area contributed by atoms with E-state index in [4.69, 9.17) is 37.1 Å². The summed E-state index contributed by atoms with van der Waals surface area (Å²) in [6.45, 7) is 0. The first-order valence-corrected chi connectivity index (χ1v) is 7.06. The lowest BCUT2D eigenvalue weighted by atomic mass is 10.1. The second-order valence-corrected chi connectivity index (χ2v) is 5.13. The summed E-state index contributed by atoms with van der Waals surface area (Å²) in [7, 11) is 2.96. The predicted octanol–water partition coefficient (Wildman–Crippen LogP) is 2.69. The van der Waals surface area contributed by atoms with Crippen molar-refractivity contribution in [2.24, 2.45) is 0 Å². The van der Waals surface area contributed by atoms with Crippen LogP contribution < -0.4 is 15.1 Å². The molecule has 0 amide bonds. The fraction of sp³-hybridized carbons (Fsp3) is 0.357. The second-order valence-electron chi connectivity index (χ2n) is 4.35. The smallest absolute Gasteiger partial charge is 0.347 e. The van der Waals surface area contributed by atoms with Crippen molar-refractivity contribution in [3.05, 3.63) is 34.4 Å². The summed E-state index contributed by atoms with van der Waals surface area (Å²) in [6.07, 6.45) is -1.03. The molecule has 1 N–H and O–H groups in total. The highest BCUT2D eigenvalue weighted by atomic mass is 35.5. The zero-order valence-electron chi connectivity index (χ0n) is 11.4. The number of alkyl halides is 2. The molecule has 0 saturated heterocycles. The molecule has 1 heterocycles. The molecule has 2 aromatic rings. The fourth-order valence-corrected chi connectivity index (χ4v) is 2.43. The van der Waals surface area contributed by atoms with Gasteiger partial charge in [0.15, 0.2) is 0 Å². The number of aliphatic hydroxyl groups excluding tert-OH is 1. The summed E-state index contributed by atoms with van der Waals surface area (Å²) in [5.41, 5.74) is -0.602. The Morgan fingerprint density at radius 1 is 1.29 bits per heavy atom. The Bertz CT molecular complexity index is 698. The largest absolute Gasteiger partial charge is 0.497 e. The van der Waals surface area contributed by atoms with Gasteiger partial charge in [0.25, 0.3) is 0 Å². The Morgan fingerprint density at radius 3 is 2.57 bits per heavy atom. The van der Waals surface area contributed by atoms with E-state index in [0.717, 1.165) is 0 Å². The molecule has 0 fully saturated rings. The van der Waals surface area contributed by atoms with E-state index in [2.05, 4.69) is 0 Å². The quantitative estimate of drug-likeness (QED) is 0.852. The molecule has 0 aliphatic rings. The number of halogens is 2. The molecule has 0 aliphatic carbocycles. The van der Waals surface area contributed by atoms with Crippen LogP contribution in [0.15, 0.2) is 27.4 Å². The molecule has 0 aliphatic heterocycles. The normalized spacial score (nSPS) is 14.0. The number of hydrogen-bond donors (Lipinski definition) is 1. The first-order valence-electron chi connectivity index (χ1n) is 6.09. The summed E-state index contributed by atoms with van der Waals surface area (Å²) in [5, 5.41) is 9.58. The van der Waals surface area contributed by atoms with Crippen LogP contribution in [0.1, 0.15) is 11.1 Å². The molecule has 0 radical (unpaired) electrons. The molecule has 21 heavy (non-hydrogen) atoms. The van der Waals surface area contributed by atoms with Crippen molar-refractivity contribution in [2.75, 3.05) is 20.1 Å². The molecular weight excluding hydrogens is 319 g/mol. The molecule has 114 valence electrons. The van der Waals surface area contributed by atoms with Gasteiger partial charge in [0.1, 0.15) is 28.0 Å². The maximum Gasteiger partial charge on any atom is 0.347 e. The molecule has 2 atom stereocenters. The van der Waals surface area contributed by atoms with E-state index in [1.165, 1.54) is 14.2 Å². The zero-order chi connectivity index (χ0) is 15.6. The van der Waals surface area contributed by atoms with E-state index in [1.54, 1.807) is 18.2 Å². The monoisotopic (exact) mass is 332 g/mol. The Hall–Kier alpha value is -1.43. The number of rotatable bonds is 5. The summed E-state index contributed by atoms with van der Waals surface area (Å²) < 4.78 is 15.5. The molecule has 2 rings (SSSR count). The van der Waals surface area contributed by atoms with Crippen LogP contribution in [0, 0.1) is 0 Å². The van der Waals surface area contributed by atoms with E-state index in [9.17, 15) is 9.90 Å². The molecule has 0 bridgehead atoms. The third kappa shape index (κ3) is 3.10. The van der Waals surface area contributed by atoms with Gasteiger partial charge in [-0.2, -0.15) is 0 Å². The van der Waals surface area contributed by atoms with E-state index in [1.807, 2.05) is 0 Å². The lowest BCUT2D eigenvalue weighted by Crippen LogP contribution is -2.17. The molecule has 1 aromatic heterocycles. The van der Waals surface area contributed by atoms with E-state index < -0.39 is 17.1 Å². The van der Waals surface area contributed by atoms with Crippen LogP contribution in [-0.2, 0) is 0 Å². The van der Waals surface area contributed by atoms with E-state index in [-0.39, 0.29) is 17.0 Å². The first kappa shape index (κ1) is 15.9. The Morgan fingerprint density at radius 2 is 2.00 bits per heavy atom. The van der Waals surface area contributed by atoms with Crippen LogP contribution in [0.2, 0.25) is 0 Å². The molecule has 0 unspecified atom stereocenters. The highest BCUT2D eigenvalue weighted by molar-refractivity contribution is 6.23. The summed E-state index contributed by atoms with van der Waals surface area (Å²) in [5.74, 6) is 0.934. The average Bonchev–Trinajstić information content (AvgIpc) is 2.51. The molecule has 7 heteroatoms. The van der Waals surface area contributed by atoms with Crippen LogP contribution in [0.4, 0.5) is 0 Å². The highest BCUT2D eigenvalue weighted by Gasteiger charge is 2.22. The van der Waals surface area contributed by atoms with Crippen molar-refractivity contribution in [3.8, 4) is 11.5 Å². The van der Waals surface area contributed by atoms with Gasteiger partial charge >= 0.3 is 5.63 Å². The number of benzene rings is 1. The predicted molar refractivity (Wildman–Crippen MR) is 80.9 cm³/mol. The maximum absolute atomic E-state index is 12.1. The number of hydrogen-bond acceptors (Lipinski definition) is 5. The summed E-state index contributed by atoms with van der Waals surface area (Å²) >= 11 is 11.6. The Labute approximate surface area is 131 Å². The van der Waals surface area contributed by atoms with Crippen molar-refractivity contribution in [2.45, 2.75) is 11.5 Å². The van der Waals surface area contributed by atoms with Crippen molar-refractivity contribution in [1.82, 2.24) is 0 Å². The minimum atomic E-state index is -1.03. The number of methoxy groups -OCH3 is 2. The lowest BCUT2D eigenvalue weighted by molar-refractivity contribution is 0.182. The molecule has 0 saturated carbocycles. The first-order chi connectivity index (χ1) is 10.0.